The Hall–Kier alpha value is -2.18. The number of amides is 2. The van der Waals surface area contributed by atoms with Gasteiger partial charge in [0.1, 0.15) is 5.69 Å². The van der Waals surface area contributed by atoms with E-state index in [4.69, 9.17) is 0 Å². The average Bonchev–Trinajstić information content (AvgIpc) is 2.55. The van der Waals surface area contributed by atoms with E-state index in [1.807, 2.05) is 30.6 Å². The first-order valence-corrected chi connectivity index (χ1v) is 8.11. The third kappa shape index (κ3) is 3.97. The predicted molar refractivity (Wildman–Crippen MR) is 88.5 cm³/mol. The zero-order valence-corrected chi connectivity index (χ0v) is 14.4. The molecule has 7 nitrogen and oxygen atoms in total. The van der Waals surface area contributed by atoms with Crippen LogP contribution in [0, 0.1) is 6.92 Å². The van der Waals surface area contributed by atoms with Crippen LogP contribution in [0.1, 0.15) is 37.0 Å². The van der Waals surface area contributed by atoms with Gasteiger partial charge in [0.15, 0.2) is 0 Å². The van der Waals surface area contributed by atoms with Crippen LogP contribution in [-0.2, 0) is 4.79 Å². The SMILES string of the molecule is CCN(CC)C(=O)c1cc(C)nc(N2CCN(C(C)=O)CC2)n1. The minimum atomic E-state index is -0.0656. The van der Waals surface area contributed by atoms with E-state index in [1.54, 1.807) is 17.9 Å². The molecule has 0 saturated carbocycles. The van der Waals surface area contributed by atoms with Gasteiger partial charge in [-0.25, -0.2) is 9.97 Å². The van der Waals surface area contributed by atoms with Crippen LogP contribution in [0.2, 0.25) is 0 Å². The van der Waals surface area contributed by atoms with Gasteiger partial charge < -0.3 is 14.7 Å². The highest BCUT2D eigenvalue weighted by Crippen LogP contribution is 2.14. The molecule has 0 unspecified atom stereocenters. The maximum absolute atomic E-state index is 12.5. The molecule has 2 heterocycles. The molecular weight excluding hydrogens is 294 g/mol. The maximum Gasteiger partial charge on any atom is 0.272 e. The van der Waals surface area contributed by atoms with Gasteiger partial charge >= 0.3 is 0 Å². The van der Waals surface area contributed by atoms with Crippen molar-refractivity contribution in [1.29, 1.82) is 0 Å². The van der Waals surface area contributed by atoms with Gasteiger partial charge in [-0.15, -0.1) is 0 Å². The quantitative estimate of drug-likeness (QED) is 0.826. The van der Waals surface area contributed by atoms with Gasteiger partial charge in [0.2, 0.25) is 11.9 Å². The molecule has 1 saturated heterocycles. The summed E-state index contributed by atoms with van der Waals surface area (Å²) in [4.78, 5) is 38.4. The van der Waals surface area contributed by atoms with Crippen LogP contribution in [0.3, 0.4) is 0 Å². The lowest BCUT2D eigenvalue weighted by Crippen LogP contribution is -2.48. The average molecular weight is 319 g/mol. The van der Waals surface area contributed by atoms with Crippen molar-refractivity contribution in [2.24, 2.45) is 0 Å². The fourth-order valence-electron chi connectivity index (χ4n) is 2.70. The molecule has 0 N–H and O–H groups in total. The summed E-state index contributed by atoms with van der Waals surface area (Å²) >= 11 is 0. The lowest BCUT2D eigenvalue weighted by atomic mass is 10.3. The summed E-state index contributed by atoms with van der Waals surface area (Å²) in [5, 5.41) is 0. The van der Waals surface area contributed by atoms with Gasteiger partial charge in [0, 0.05) is 51.9 Å². The van der Waals surface area contributed by atoms with Crippen molar-refractivity contribution >= 4 is 17.8 Å². The van der Waals surface area contributed by atoms with Crippen LogP contribution in [0.25, 0.3) is 0 Å². The van der Waals surface area contributed by atoms with E-state index in [-0.39, 0.29) is 11.8 Å². The highest BCUT2D eigenvalue weighted by atomic mass is 16.2. The molecule has 0 radical (unpaired) electrons. The Morgan fingerprint density at radius 3 is 2.26 bits per heavy atom. The number of aromatic nitrogens is 2. The minimum absolute atomic E-state index is 0.0656. The van der Waals surface area contributed by atoms with Crippen molar-refractivity contribution in [2.75, 3.05) is 44.2 Å². The van der Waals surface area contributed by atoms with Crippen LogP contribution in [0.4, 0.5) is 5.95 Å². The largest absolute Gasteiger partial charge is 0.339 e. The third-order valence-corrected chi connectivity index (χ3v) is 4.12. The predicted octanol–water partition coefficient (Wildman–Crippen LogP) is 0.936. The summed E-state index contributed by atoms with van der Waals surface area (Å²) < 4.78 is 0. The Balaban J connectivity index is 2.18. The first-order chi connectivity index (χ1) is 11.0. The molecule has 1 aromatic rings. The van der Waals surface area contributed by atoms with Gasteiger partial charge in [-0.2, -0.15) is 0 Å². The smallest absolute Gasteiger partial charge is 0.272 e. The molecule has 2 amide bonds. The number of carbonyl (C=O) groups is 2. The normalized spacial score (nSPS) is 14.8. The van der Waals surface area contributed by atoms with Gasteiger partial charge in [-0.1, -0.05) is 0 Å². The number of hydrogen-bond acceptors (Lipinski definition) is 5. The molecule has 7 heteroatoms. The fraction of sp³-hybridized carbons (Fsp3) is 0.625. The Bertz CT molecular complexity index is 578. The van der Waals surface area contributed by atoms with Gasteiger partial charge in [0.25, 0.3) is 5.91 Å². The van der Waals surface area contributed by atoms with E-state index in [0.717, 1.165) is 5.69 Å². The van der Waals surface area contributed by atoms with Crippen molar-refractivity contribution in [1.82, 2.24) is 19.8 Å². The molecule has 126 valence electrons. The molecule has 0 spiro atoms. The van der Waals surface area contributed by atoms with Crippen LogP contribution in [0.5, 0.6) is 0 Å². The first-order valence-electron chi connectivity index (χ1n) is 8.11. The number of piperazine rings is 1. The van der Waals surface area contributed by atoms with E-state index >= 15 is 0 Å². The van der Waals surface area contributed by atoms with E-state index < -0.39 is 0 Å². The summed E-state index contributed by atoms with van der Waals surface area (Å²) in [7, 11) is 0. The van der Waals surface area contributed by atoms with Crippen molar-refractivity contribution < 1.29 is 9.59 Å². The monoisotopic (exact) mass is 319 g/mol. The van der Waals surface area contributed by atoms with Crippen molar-refractivity contribution in [3.05, 3.63) is 17.5 Å². The van der Waals surface area contributed by atoms with Crippen LogP contribution < -0.4 is 4.90 Å². The highest BCUT2D eigenvalue weighted by molar-refractivity contribution is 5.92. The lowest BCUT2D eigenvalue weighted by molar-refractivity contribution is -0.129. The number of hydrogen-bond donors (Lipinski definition) is 0. The minimum Gasteiger partial charge on any atom is -0.339 e. The summed E-state index contributed by atoms with van der Waals surface area (Å²) in [5.41, 5.74) is 1.21. The number of aryl methyl sites for hydroxylation is 1. The Morgan fingerprint density at radius 1 is 1.13 bits per heavy atom. The molecular formula is C16H25N5O2. The summed E-state index contributed by atoms with van der Waals surface area (Å²) in [6.07, 6.45) is 0. The zero-order valence-electron chi connectivity index (χ0n) is 14.4. The zero-order chi connectivity index (χ0) is 17.0. The molecule has 0 aromatic carbocycles. The van der Waals surface area contributed by atoms with E-state index in [0.29, 0.717) is 50.9 Å². The summed E-state index contributed by atoms with van der Waals surface area (Å²) in [5.74, 6) is 0.597. The Kier molecular flexibility index (Phi) is 5.52. The Morgan fingerprint density at radius 2 is 1.74 bits per heavy atom. The second-order valence-electron chi connectivity index (χ2n) is 5.67. The van der Waals surface area contributed by atoms with Gasteiger partial charge in [0.05, 0.1) is 0 Å². The summed E-state index contributed by atoms with van der Waals surface area (Å²) in [6.45, 7) is 11.4. The van der Waals surface area contributed by atoms with E-state index in [2.05, 4.69) is 9.97 Å². The maximum atomic E-state index is 12.5. The lowest BCUT2D eigenvalue weighted by Gasteiger charge is -2.34. The van der Waals surface area contributed by atoms with Gasteiger partial charge in [-0.3, -0.25) is 9.59 Å². The number of anilines is 1. The van der Waals surface area contributed by atoms with Crippen LogP contribution >= 0.6 is 0 Å². The van der Waals surface area contributed by atoms with Crippen molar-refractivity contribution in [3.8, 4) is 0 Å². The topological polar surface area (TPSA) is 69.6 Å². The van der Waals surface area contributed by atoms with Gasteiger partial charge in [-0.05, 0) is 26.8 Å². The molecule has 1 fully saturated rings. The number of carbonyl (C=O) groups excluding carboxylic acids is 2. The number of rotatable bonds is 4. The molecule has 1 aliphatic heterocycles. The Labute approximate surface area is 137 Å². The summed E-state index contributed by atoms with van der Waals surface area (Å²) in [6, 6.07) is 1.73. The first kappa shape index (κ1) is 17.2. The number of nitrogens with zero attached hydrogens (tertiary/aromatic N) is 5. The highest BCUT2D eigenvalue weighted by Gasteiger charge is 2.22. The van der Waals surface area contributed by atoms with Crippen molar-refractivity contribution in [2.45, 2.75) is 27.7 Å². The molecule has 1 aliphatic rings. The molecule has 0 bridgehead atoms. The molecule has 1 aromatic heterocycles. The van der Waals surface area contributed by atoms with E-state index in [9.17, 15) is 9.59 Å². The third-order valence-electron chi connectivity index (χ3n) is 4.12. The standard InChI is InChI=1S/C16H25N5O2/c1-5-19(6-2)15(23)14-11-12(3)17-16(18-14)21-9-7-20(8-10-21)13(4)22/h11H,5-10H2,1-4H3. The fourth-order valence-corrected chi connectivity index (χ4v) is 2.70. The second-order valence-corrected chi connectivity index (χ2v) is 5.67. The van der Waals surface area contributed by atoms with Crippen LogP contribution in [0.15, 0.2) is 6.07 Å². The molecule has 0 atom stereocenters. The van der Waals surface area contributed by atoms with E-state index in [1.165, 1.54) is 0 Å². The second kappa shape index (κ2) is 7.39. The van der Waals surface area contributed by atoms with Crippen LogP contribution in [-0.4, -0.2) is 70.9 Å². The molecule has 2 rings (SSSR count). The molecule has 0 aliphatic carbocycles. The molecule has 23 heavy (non-hydrogen) atoms. The van der Waals surface area contributed by atoms with Crippen molar-refractivity contribution in [3.63, 3.8) is 0 Å².